The van der Waals surface area contributed by atoms with Crippen LogP contribution in [-0.2, 0) is 11.3 Å². The number of hydrogen-bond donors (Lipinski definition) is 2. The largest absolute Gasteiger partial charge is 0.324 e. The summed E-state index contributed by atoms with van der Waals surface area (Å²) in [5.41, 5.74) is 4.69. The molecular formula is C23H23N5O. The molecule has 0 saturated heterocycles. The van der Waals surface area contributed by atoms with Gasteiger partial charge in [0.2, 0.25) is 5.91 Å². The number of amides is 1. The number of carbonyl (C=O) groups is 1. The second-order valence-electron chi connectivity index (χ2n) is 7.14. The second-order valence-corrected chi connectivity index (χ2v) is 7.14. The Morgan fingerprint density at radius 2 is 1.69 bits per heavy atom. The lowest BCUT2D eigenvalue weighted by Crippen LogP contribution is -2.33. The molecule has 6 heteroatoms. The summed E-state index contributed by atoms with van der Waals surface area (Å²) in [6.45, 7) is 4.45. The number of rotatable bonds is 6. The van der Waals surface area contributed by atoms with Crippen molar-refractivity contribution in [1.29, 1.82) is 0 Å². The summed E-state index contributed by atoms with van der Waals surface area (Å²) in [6, 6.07) is 21.0. The summed E-state index contributed by atoms with van der Waals surface area (Å²) >= 11 is 0. The number of aryl methyl sites for hydroxylation is 2. The van der Waals surface area contributed by atoms with Crippen molar-refractivity contribution in [3.05, 3.63) is 95.4 Å². The smallest absolute Gasteiger partial charge is 0.246 e. The highest BCUT2D eigenvalue weighted by Crippen LogP contribution is 2.19. The van der Waals surface area contributed by atoms with Gasteiger partial charge in [-0.05, 0) is 54.8 Å². The van der Waals surface area contributed by atoms with Crippen molar-refractivity contribution in [1.82, 2.24) is 19.9 Å². The highest BCUT2D eigenvalue weighted by molar-refractivity contribution is 5.95. The van der Waals surface area contributed by atoms with E-state index < -0.39 is 6.04 Å². The molecule has 0 unspecified atom stereocenters. The van der Waals surface area contributed by atoms with Gasteiger partial charge in [-0.15, -0.1) is 10.2 Å². The highest BCUT2D eigenvalue weighted by Gasteiger charge is 2.21. The predicted octanol–water partition coefficient (Wildman–Crippen LogP) is 3.82. The molecule has 2 aromatic carbocycles. The first kappa shape index (κ1) is 18.8. The lowest BCUT2D eigenvalue weighted by atomic mass is 10.1. The summed E-state index contributed by atoms with van der Waals surface area (Å²) in [5.74, 6) is 0.635. The number of aromatic nitrogens is 3. The molecule has 2 N–H and O–H groups in total. The summed E-state index contributed by atoms with van der Waals surface area (Å²) in [4.78, 5) is 13.1. The van der Waals surface area contributed by atoms with Crippen LogP contribution in [0.3, 0.4) is 0 Å². The second kappa shape index (κ2) is 8.24. The minimum absolute atomic E-state index is 0.116. The van der Waals surface area contributed by atoms with Gasteiger partial charge in [0.1, 0.15) is 6.04 Å². The number of benzene rings is 2. The van der Waals surface area contributed by atoms with E-state index in [2.05, 4.69) is 26.9 Å². The van der Waals surface area contributed by atoms with Crippen molar-refractivity contribution in [3.63, 3.8) is 0 Å². The number of pyridine rings is 1. The molecule has 0 spiro atoms. The maximum absolute atomic E-state index is 13.1. The zero-order valence-corrected chi connectivity index (χ0v) is 16.5. The molecule has 0 fully saturated rings. The summed E-state index contributed by atoms with van der Waals surface area (Å²) < 4.78 is 1.91. The first-order valence-electron chi connectivity index (χ1n) is 9.56. The van der Waals surface area contributed by atoms with Crippen molar-refractivity contribution >= 4 is 17.2 Å². The SMILES string of the molecule is Cc1cc(C)cc(NC(=O)[C@@H](NCc2nnc3ccccn23)c2ccccc2)c1. The molecular weight excluding hydrogens is 362 g/mol. The van der Waals surface area contributed by atoms with E-state index >= 15 is 0 Å². The molecule has 0 bridgehead atoms. The molecule has 29 heavy (non-hydrogen) atoms. The standard InChI is InChI=1S/C23H23N5O/c1-16-12-17(2)14-19(13-16)25-23(29)22(18-8-4-3-5-9-18)24-15-21-27-26-20-10-6-7-11-28(20)21/h3-14,22,24H,15H2,1-2H3,(H,25,29)/t22-/m0/s1. The van der Waals surface area contributed by atoms with E-state index in [1.54, 1.807) is 0 Å². The van der Waals surface area contributed by atoms with Crippen molar-refractivity contribution in [2.45, 2.75) is 26.4 Å². The van der Waals surface area contributed by atoms with Crippen molar-refractivity contribution < 1.29 is 4.79 Å². The fraction of sp³-hybridized carbons (Fsp3) is 0.174. The monoisotopic (exact) mass is 385 g/mol. The lowest BCUT2D eigenvalue weighted by molar-refractivity contribution is -0.118. The molecule has 6 nitrogen and oxygen atoms in total. The van der Waals surface area contributed by atoms with Crippen LogP contribution in [0.5, 0.6) is 0 Å². The van der Waals surface area contributed by atoms with Crippen molar-refractivity contribution in [2.24, 2.45) is 0 Å². The van der Waals surface area contributed by atoms with E-state index in [-0.39, 0.29) is 5.91 Å². The van der Waals surface area contributed by atoms with Crippen molar-refractivity contribution in [3.8, 4) is 0 Å². The predicted molar refractivity (Wildman–Crippen MR) is 114 cm³/mol. The van der Waals surface area contributed by atoms with Gasteiger partial charge < -0.3 is 5.32 Å². The van der Waals surface area contributed by atoms with Crippen LogP contribution < -0.4 is 10.6 Å². The van der Waals surface area contributed by atoms with Gasteiger partial charge in [0.05, 0.1) is 6.54 Å². The van der Waals surface area contributed by atoms with Gasteiger partial charge in [-0.3, -0.25) is 14.5 Å². The number of carbonyl (C=O) groups excluding carboxylic acids is 1. The lowest BCUT2D eigenvalue weighted by Gasteiger charge is -2.19. The van der Waals surface area contributed by atoms with Crippen LogP contribution in [0.25, 0.3) is 5.65 Å². The Bertz CT molecular complexity index is 1120. The minimum Gasteiger partial charge on any atom is -0.324 e. The molecule has 0 saturated carbocycles. The van der Waals surface area contributed by atoms with Crippen LogP contribution >= 0.6 is 0 Å². The van der Waals surface area contributed by atoms with Gasteiger partial charge >= 0.3 is 0 Å². The van der Waals surface area contributed by atoms with E-state index in [4.69, 9.17) is 0 Å². The van der Waals surface area contributed by atoms with E-state index in [0.29, 0.717) is 6.54 Å². The molecule has 146 valence electrons. The molecule has 0 aliphatic rings. The summed E-state index contributed by atoms with van der Waals surface area (Å²) in [6.07, 6.45) is 1.92. The molecule has 1 amide bonds. The van der Waals surface area contributed by atoms with Crippen LogP contribution in [-0.4, -0.2) is 20.5 Å². The van der Waals surface area contributed by atoms with E-state index in [1.165, 1.54) is 0 Å². The molecule has 0 aliphatic carbocycles. The van der Waals surface area contributed by atoms with E-state index in [1.807, 2.05) is 85.1 Å². The van der Waals surface area contributed by atoms with Crippen LogP contribution in [0.1, 0.15) is 28.6 Å². The Balaban J connectivity index is 1.57. The molecule has 4 rings (SSSR count). The third-order valence-corrected chi connectivity index (χ3v) is 4.73. The number of nitrogens with one attached hydrogen (secondary N) is 2. The van der Waals surface area contributed by atoms with Gasteiger partial charge in [0.15, 0.2) is 11.5 Å². The minimum atomic E-state index is -0.520. The van der Waals surface area contributed by atoms with Gasteiger partial charge in [0, 0.05) is 11.9 Å². The molecule has 2 aromatic heterocycles. The zero-order valence-electron chi connectivity index (χ0n) is 16.5. The molecule has 1 atom stereocenters. The first-order chi connectivity index (χ1) is 14.1. The molecule has 2 heterocycles. The van der Waals surface area contributed by atoms with Gasteiger partial charge in [-0.1, -0.05) is 42.5 Å². The number of hydrogen-bond acceptors (Lipinski definition) is 4. The Kier molecular flexibility index (Phi) is 5.35. The van der Waals surface area contributed by atoms with Crippen LogP contribution in [0, 0.1) is 13.8 Å². The third kappa shape index (κ3) is 4.33. The fourth-order valence-corrected chi connectivity index (χ4v) is 3.47. The fourth-order valence-electron chi connectivity index (χ4n) is 3.47. The normalized spacial score (nSPS) is 12.1. The van der Waals surface area contributed by atoms with E-state index in [0.717, 1.165) is 33.8 Å². The summed E-state index contributed by atoms with van der Waals surface area (Å²) in [5, 5.41) is 14.8. The number of nitrogens with zero attached hydrogens (tertiary/aromatic N) is 3. The molecule has 0 aliphatic heterocycles. The van der Waals surface area contributed by atoms with Gasteiger partial charge in [-0.25, -0.2) is 0 Å². The van der Waals surface area contributed by atoms with E-state index in [9.17, 15) is 4.79 Å². The van der Waals surface area contributed by atoms with Crippen LogP contribution in [0.4, 0.5) is 5.69 Å². The Hall–Kier alpha value is -3.51. The quantitative estimate of drug-likeness (QED) is 0.529. The first-order valence-corrected chi connectivity index (χ1v) is 9.56. The summed E-state index contributed by atoms with van der Waals surface area (Å²) in [7, 11) is 0. The van der Waals surface area contributed by atoms with Gasteiger partial charge in [-0.2, -0.15) is 0 Å². The highest BCUT2D eigenvalue weighted by atomic mass is 16.2. The van der Waals surface area contributed by atoms with Crippen LogP contribution in [0.2, 0.25) is 0 Å². The maximum Gasteiger partial charge on any atom is 0.246 e. The van der Waals surface area contributed by atoms with Crippen molar-refractivity contribution in [2.75, 3.05) is 5.32 Å². The molecule has 0 radical (unpaired) electrons. The average molecular weight is 385 g/mol. The topological polar surface area (TPSA) is 71.3 Å². The Morgan fingerprint density at radius 3 is 2.45 bits per heavy atom. The zero-order chi connectivity index (χ0) is 20.2. The average Bonchev–Trinajstić information content (AvgIpc) is 3.11. The Labute approximate surface area is 169 Å². The maximum atomic E-state index is 13.1. The van der Waals surface area contributed by atoms with Crippen LogP contribution in [0.15, 0.2) is 72.9 Å². The number of fused-ring (bicyclic) bond motifs is 1. The third-order valence-electron chi connectivity index (χ3n) is 4.73. The van der Waals surface area contributed by atoms with Gasteiger partial charge in [0.25, 0.3) is 0 Å². The Morgan fingerprint density at radius 1 is 0.966 bits per heavy atom. The number of anilines is 1. The molecule has 4 aromatic rings.